The summed E-state index contributed by atoms with van der Waals surface area (Å²) in [6, 6.07) is 20.0. The predicted octanol–water partition coefficient (Wildman–Crippen LogP) is 4.18. The van der Waals surface area contributed by atoms with Gasteiger partial charge in [0.15, 0.2) is 0 Å². The van der Waals surface area contributed by atoms with Crippen LogP contribution in [0.2, 0.25) is 0 Å². The lowest BCUT2D eigenvalue weighted by Gasteiger charge is -2.19. The van der Waals surface area contributed by atoms with Crippen molar-refractivity contribution in [2.75, 3.05) is 0 Å². The fraction of sp³-hybridized carbons (Fsp3) is 0.138. The van der Waals surface area contributed by atoms with Gasteiger partial charge < -0.3 is 14.5 Å². The summed E-state index contributed by atoms with van der Waals surface area (Å²) in [5.41, 5.74) is 1.17. The van der Waals surface area contributed by atoms with E-state index < -0.39 is 16.9 Å². The second kappa shape index (κ2) is 8.12. The molecule has 0 saturated heterocycles. The average molecular weight is 511 g/mol. The van der Waals surface area contributed by atoms with Gasteiger partial charge in [0.1, 0.15) is 5.52 Å². The molecule has 0 unspecified atom stereocenters. The number of aliphatic hydroxyl groups is 1. The summed E-state index contributed by atoms with van der Waals surface area (Å²) in [6.07, 6.45) is 0. The van der Waals surface area contributed by atoms with Crippen LogP contribution < -0.4 is 16.8 Å². The van der Waals surface area contributed by atoms with Crippen LogP contribution in [0.15, 0.2) is 87.2 Å². The van der Waals surface area contributed by atoms with Crippen LogP contribution in [0.25, 0.3) is 44.4 Å². The van der Waals surface area contributed by atoms with E-state index in [0.717, 1.165) is 4.57 Å². The Balaban J connectivity index is 1.65. The van der Waals surface area contributed by atoms with Gasteiger partial charge in [-0.25, -0.2) is 9.36 Å². The highest BCUT2D eigenvalue weighted by Crippen LogP contribution is 2.31. The predicted molar refractivity (Wildman–Crippen MR) is 145 cm³/mol. The summed E-state index contributed by atoms with van der Waals surface area (Å²) in [7, 11) is 0. The van der Waals surface area contributed by atoms with Gasteiger partial charge in [0, 0.05) is 5.56 Å². The first-order valence-electron chi connectivity index (χ1n) is 12.0. The zero-order valence-electron chi connectivity index (χ0n) is 20.8. The summed E-state index contributed by atoms with van der Waals surface area (Å²) < 4.78 is 17.6. The third kappa shape index (κ3) is 3.36. The number of nitrogens with one attached hydrogen (secondary N) is 1. The molecule has 3 heterocycles. The summed E-state index contributed by atoms with van der Waals surface area (Å²) in [5.74, 6) is 0. The average Bonchev–Trinajstić information content (AvgIpc) is 3.33. The highest BCUT2D eigenvalue weighted by molar-refractivity contribution is 5.84. The van der Waals surface area contributed by atoms with E-state index in [1.807, 2.05) is 12.1 Å². The van der Waals surface area contributed by atoms with Crippen LogP contribution in [0.3, 0.4) is 0 Å². The van der Waals surface area contributed by atoms with Crippen molar-refractivity contribution in [3.63, 3.8) is 0 Å². The van der Waals surface area contributed by atoms with E-state index in [0.29, 0.717) is 38.9 Å². The summed E-state index contributed by atoms with van der Waals surface area (Å²) in [6.45, 7) is 5.08. The number of H-pyrrole nitrogens is 1. The second-order valence-electron chi connectivity index (χ2n) is 9.86. The SMILES string of the molecule is Cc1c(-c2ccc3c(=O)[nH]c4cc(C(C)(C)O)ccc4n23)cccc1-n1c(=O)c2ccccc2n(F)c1=O. The number of aromatic nitrogens is 4. The van der Waals surface area contributed by atoms with Gasteiger partial charge in [-0.1, -0.05) is 34.8 Å². The molecule has 8 nitrogen and oxygen atoms in total. The number of benzene rings is 3. The minimum absolute atomic E-state index is 0.0250. The maximum atomic E-state index is 15.0. The van der Waals surface area contributed by atoms with Gasteiger partial charge in [0.05, 0.1) is 38.9 Å². The Kier molecular flexibility index (Phi) is 5.05. The van der Waals surface area contributed by atoms with Crippen molar-refractivity contribution in [3.8, 4) is 16.9 Å². The number of aromatic amines is 1. The Morgan fingerprint density at radius 2 is 1.61 bits per heavy atom. The zero-order valence-corrected chi connectivity index (χ0v) is 20.8. The maximum Gasteiger partial charge on any atom is 0.364 e. The lowest BCUT2D eigenvalue weighted by molar-refractivity contribution is 0.0787. The van der Waals surface area contributed by atoms with Gasteiger partial charge in [0.2, 0.25) is 0 Å². The van der Waals surface area contributed by atoms with Crippen molar-refractivity contribution in [3.05, 3.63) is 115 Å². The highest BCUT2D eigenvalue weighted by Gasteiger charge is 2.21. The molecule has 0 aliphatic heterocycles. The lowest BCUT2D eigenvalue weighted by atomic mass is 9.98. The number of rotatable bonds is 3. The van der Waals surface area contributed by atoms with Crippen LogP contribution in [0, 0.1) is 6.92 Å². The first-order chi connectivity index (χ1) is 18.1. The molecule has 190 valence electrons. The van der Waals surface area contributed by atoms with Crippen molar-refractivity contribution in [2.45, 2.75) is 26.4 Å². The van der Waals surface area contributed by atoms with E-state index in [-0.39, 0.29) is 26.9 Å². The van der Waals surface area contributed by atoms with Crippen molar-refractivity contribution in [2.24, 2.45) is 0 Å². The fourth-order valence-electron chi connectivity index (χ4n) is 5.06. The van der Waals surface area contributed by atoms with Gasteiger partial charge >= 0.3 is 5.69 Å². The molecule has 38 heavy (non-hydrogen) atoms. The molecule has 0 fully saturated rings. The maximum absolute atomic E-state index is 15.0. The van der Waals surface area contributed by atoms with Crippen molar-refractivity contribution in [1.29, 1.82) is 0 Å². The van der Waals surface area contributed by atoms with Crippen LogP contribution in [0.5, 0.6) is 0 Å². The molecule has 2 N–H and O–H groups in total. The van der Waals surface area contributed by atoms with E-state index in [2.05, 4.69) is 4.98 Å². The van der Waals surface area contributed by atoms with Crippen LogP contribution >= 0.6 is 0 Å². The zero-order chi connectivity index (χ0) is 26.9. The van der Waals surface area contributed by atoms with Gasteiger partial charge in [-0.2, -0.15) is 0 Å². The van der Waals surface area contributed by atoms with Crippen molar-refractivity contribution < 1.29 is 9.59 Å². The molecule has 0 bridgehead atoms. The van der Waals surface area contributed by atoms with Crippen LogP contribution in [-0.2, 0) is 5.60 Å². The van der Waals surface area contributed by atoms with Crippen LogP contribution in [0.4, 0.5) is 4.48 Å². The standard InChI is InChI=1S/C29H23FN4O4/c1-16-18(8-6-10-21(16)33-27(36)19-7-4-5-9-23(19)34(30)28(33)37)22-13-14-25-26(35)31-20-15-17(29(2,3)38)11-12-24(20)32(22)25/h4-15,38H,1-3H3,(H,31,35). The Morgan fingerprint density at radius 3 is 2.37 bits per heavy atom. The third-order valence-corrected chi connectivity index (χ3v) is 7.04. The molecule has 6 aromatic rings. The smallest absolute Gasteiger partial charge is 0.364 e. The molecule has 0 spiro atoms. The molecule has 3 aromatic carbocycles. The Morgan fingerprint density at radius 1 is 0.868 bits per heavy atom. The lowest BCUT2D eigenvalue weighted by Crippen LogP contribution is -2.37. The molecular formula is C29H23FN4O4. The van der Waals surface area contributed by atoms with E-state index >= 15 is 0 Å². The first kappa shape index (κ1) is 23.6. The fourth-order valence-corrected chi connectivity index (χ4v) is 5.06. The molecular weight excluding hydrogens is 487 g/mol. The number of hydrogen-bond acceptors (Lipinski definition) is 4. The number of para-hydroxylation sites is 1. The number of nitrogens with zero attached hydrogens (tertiary/aromatic N) is 3. The van der Waals surface area contributed by atoms with Gasteiger partial charge in [-0.15, -0.1) is 4.79 Å². The molecule has 9 heteroatoms. The van der Waals surface area contributed by atoms with Crippen LogP contribution in [-0.4, -0.2) is 23.8 Å². The topological polar surface area (TPSA) is 102 Å². The number of halogens is 1. The summed E-state index contributed by atoms with van der Waals surface area (Å²) in [5, 5.41) is 10.5. The van der Waals surface area contributed by atoms with E-state index in [1.165, 1.54) is 12.1 Å². The van der Waals surface area contributed by atoms with Crippen molar-refractivity contribution in [1.82, 2.24) is 18.7 Å². The van der Waals surface area contributed by atoms with Gasteiger partial charge in [-0.05, 0) is 74.4 Å². The van der Waals surface area contributed by atoms with Gasteiger partial charge in [0.25, 0.3) is 11.1 Å². The highest BCUT2D eigenvalue weighted by atomic mass is 19.2. The van der Waals surface area contributed by atoms with Crippen molar-refractivity contribution >= 4 is 27.5 Å². The number of hydrogen-bond donors (Lipinski definition) is 2. The molecule has 0 atom stereocenters. The molecule has 6 rings (SSSR count). The minimum atomic E-state index is -1.10. The van der Waals surface area contributed by atoms with Crippen LogP contribution in [0.1, 0.15) is 25.0 Å². The number of fused-ring (bicyclic) bond motifs is 4. The Labute approximate surface area is 214 Å². The molecule has 0 aliphatic carbocycles. The Bertz CT molecular complexity index is 2110. The molecule has 0 saturated carbocycles. The monoisotopic (exact) mass is 510 g/mol. The molecule has 0 radical (unpaired) electrons. The molecule has 3 aromatic heterocycles. The molecule has 0 amide bonds. The Hall–Kier alpha value is -4.76. The summed E-state index contributed by atoms with van der Waals surface area (Å²) in [4.78, 5) is 42.1. The van der Waals surface area contributed by atoms with E-state index in [1.54, 1.807) is 73.7 Å². The minimum Gasteiger partial charge on any atom is -0.386 e. The normalized spacial score (nSPS) is 12.1. The quantitative estimate of drug-likeness (QED) is 0.373. The first-order valence-corrected chi connectivity index (χ1v) is 12.0. The molecule has 0 aliphatic rings. The second-order valence-corrected chi connectivity index (χ2v) is 9.86. The largest absolute Gasteiger partial charge is 0.386 e. The third-order valence-electron chi connectivity index (χ3n) is 7.04. The van der Waals surface area contributed by atoms with Gasteiger partial charge in [-0.3, -0.25) is 9.59 Å². The van der Waals surface area contributed by atoms with E-state index in [9.17, 15) is 24.0 Å². The van der Waals surface area contributed by atoms with E-state index in [4.69, 9.17) is 0 Å². The summed E-state index contributed by atoms with van der Waals surface area (Å²) >= 11 is 0.